The minimum Gasteiger partial charge on any atom is -0.509 e. The summed E-state index contributed by atoms with van der Waals surface area (Å²) in [5.74, 6) is -0.0544. The Labute approximate surface area is 60.2 Å². The van der Waals surface area contributed by atoms with E-state index in [-0.39, 0.29) is 5.76 Å². The highest BCUT2D eigenvalue weighted by atomic mass is 16.3. The number of carbonyl (C=O) groups excluding carboxylic acids is 1. The van der Waals surface area contributed by atoms with Crippen molar-refractivity contribution >= 4 is 6.29 Å². The Bertz CT molecular complexity index is 187. The molecule has 1 N–H and O–H groups in total. The number of carbonyl (C=O) groups is 1. The Balaban J connectivity index is 4.11. The molecule has 0 fully saturated rings. The van der Waals surface area contributed by atoms with Crippen LogP contribution in [-0.2, 0) is 4.79 Å². The molecule has 0 spiro atoms. The quantitative estimate of drug-likeness (QED) is 0.279. The molecule has 54 valence electrons. The molecule has 0 heterocycles. The van der Waals surface area contributed by atoms with E-state index in [4.69, 9.17) is 5.11 Å². The number of hydrogen-bond donors (Lipinski definition) is 1. The van der Waals surface area contributed by atoms with Crippen molar-refractivity contribution in [3.8, 4) is 0 Å². The molecule has 0 amide bonds. The molecule has 0 aliphatic rings. The summed E-state index contributed by atoms with van der Waals surface area (Å²) in [6, 6.07) is 0. The number of hydrogen-bond acceptors (Lipinski definition) is 2. The molecule has 2 heteroatoms. The fraction of sp³-hybridized carbons (Fsp3) is 0.125. The molecular formula is C8H10O2. The van der Waals surface area contributed by atoms with Crippen LogP contribution in [0.15, 0.2) is 36.1 Å². The first-order valence-electron chi connectivity index (χ1n) is 2.88. The third kappa shape index (κ3) is 3.66. The molecule has 0 saturated heterocycles. The van der Waals surface area contributed by atoms with Gasteiger partial charge in [0, 0.05) is 5.57 Å². The summed E-state index contributed by atoms with van der Waals surface area (Å²) in [5.41, 5.74) is 0.523. The fourth-order valence-electron chi connectivity index (χ4n) is 0.396. The van der Waals surface area contributed by atoms with E-state index in [9.17, 15) is 4.79 Å². The van der Waals surface area contributed by atoms with Crippen molar-refractivity contribution in [1.29, 1.82) is 0 Å². The first-order valence-corrected chi connectivity index (χ1v) is 2.88. The Morgan fingerprint density at radius 2 is 2.10 bits per heavy atom. The molecule has 0 aromatic rings. The molecule has 0 saturated carbocycles. The van der Waals surface area contributed by atoms with Crippen LogP contribution >= 0.6 is 0 Å². The van der Waals surface area contributed by atoms with Crippen molar-refractivity contribution in [3.05, 3.63) is 36.1 Å². The highest BCUT2D eigenvalue weighted by molar-refractivity contribution is 5.77. The van der Waals surface area contributed by atoms with Gasteiger partial charge in [-0.3, -0.25) is 4.79 Å². The van der Waals surface area contributed by atoms with Crippen LogP contribution in [0.4, 0.5) is 0 Å². The molecule has 0 aliphatic heterocycles. The second-order valence-electron chi connectivity index (χ2n) is 1.73. The number of aliphatic hydroxyl groups is 1. The average molecular weight is 138 g/mol. The minimum absolute atomic E-state index is 0.0544. The number of aliphatic hydroxyl groups excluding tert-OH is 1. The molecule has 0 aliphatic carbocycles. The summed E-state index contributed by atoms with van der Waals surface area (Å²) in [7, 11) is 0. The van der Waals surface area contributed by atoms with E-state index in [1.165, 1.54) is 12.2 Å². The van der Waals surface area contributed by atoms with Crippen LogP contribution < -0.4 is 0 Å². The van der Waals surface area contributed by atoms with Crippen molar-refractivity contribution in [2.24, 2.45) is 0 Å². The van der Waals surface area contributed by atoms with Crippen LogP contribution in [0.1, 0.15) is 6.92 Å². The van der Waals surface area contributed by atoms with Crippen molar-refractivity contribution in [1.82, 2.24) is 0 Å². The number of aldehydes is 1. The van der Waals surface area contributed by atoms with E-state index in [1.807, 2.05) is 0 Å². The van der Waals surface area contributed by atoms with Gasteiger partial charge in [-0.15, -0.1) is 0 Å². The third-order valence-electron chi connectivity index (χ3n) is 0.938. The van der Waals surface area contributed by atoms with Gasteiger partial charge in [-0.25, -0.2) is 0 Å². The second-order valence-corrected chi connectivity index (χ2v) is 1.73. The van der Waals surface area contributed by atoms with Gasteiger partial charge in [0.15, 0.2) is 0 Å². The summed E-state index contributed by atoms with van der Waals surface area (Å²) in [4.78, 5) is 10.1. The van der Waals surface area contributed by atoms with Gasteiger partial charge in [0.1, 0.15) is 12.0 Å². The first kappa shape index (κ1) is 8.69. The van der Waals surface area contributed by atoms with Gasteiger partial charge in [0.05, 0.1) is 0 Å². The molecular weight excluding hydrogens is 128 g/mol. The van der Waals surface area contributed by atoms with Gasteiger partial charge in [0.2, 0.25) is 0 Å². The predicted molar refractivity (Wildman–Crippen MR) is 40.7 cm³/mol. The normalized spacial score (nSPS) is 11.9. The van der Waals surface area contributed by atoms with E-state index in [1.54, 1.807) is 13.0 Å². The summed E-state index contributed by atoms with van der Waals surface area (Å²) in [6.07, 6.45) is 5.21. The van der Waals surface area contributed by atoms with Gasteiger partial charge >= 0.3 is 0 Å². The van der Waals surface area contributed by atoms with Crippen molar-refractivity contribution < 1.29 is 9.90 Å². The van der Waals surface area contributed by atoms with Crippen LogP contribution in [0, 0.1) is 0 Å². The Morgan fingerprint density at radius 3 is 2.40 bits per heavy atom. The zero-order valence-electron chi connectivity index (χ0n) is 5.87. The Kier molecular flexibility index (Phi) is 3.96. The molecule has 0 rings (SSSR count). The van der Waals surface area contributed by atoms with Crippen LogP contribution in [0.5, 0.6) is 0 Å². The smallest absolute Gasteiger partial charge is 0.149 e. The zero-order valence-corrected chi connectivity index (χ0v) is 5.87. The van der Waals surface area contributed by atoms with Crippen LogP contribution in [0.2, 0.25) is 0 Å². The van der Waals surface area contributed by atoms with Crippen LogP contribution in [-0.4, -0.2) is 11.4 Å². The molecule has 0 aromatic carbocycles. The summed E-state index contributed by atoms with van der Waals surface area (Å²) >= 11 is 0. The van der Waals surface area contributed by atoms with Crippen LogP contribution in [0.3, 0.4) is 0 Å². The average Bonchev–Trinajstić information content (AvgIpc) is 1.90. The molecule has 10 heavy (non-hydrogen) atoms. The Hall–Kier alpha value is -1.31. The van der Waals surface area contributed by atoms with E-state index < -0.39 is 0 Å². The lowest BCUT2D eigenvalue weighted by atomic mass is 10.2. The van der Waals surface area contributed by atoms with Crippen molar-refractivity contribution in [2.75, 3.05) is 0 Å². The van der Waals surface area contributed by atoms with Gasteiger partial charge in [0.25, 0.3) is 0 Å². The standard InChI is InChI=1S/C8H10O2/c1-3-8(6-9)5-4-7(2)10/h3-6,10H,2H2,1H3/b5-4-,8-3+. The molecule has 0 radical (unpaired) electrons. The van der Waals surface area contributed by atoms with Gasteiger partial charge in [-0.2, -0.15) is 0 Å². The molecule has 0 aromatic heterocycles. The van der Waals surface area contributed by atoms with Gasteiger partial charge in [-0.05, 0) is 19.1 Å². The lowest BCUT2D eigenvalue weighted by Gasteiger charge is -1.85. The summed E-state index contributed by atoms with van der Waals surface area (Å²) < 4.78 is 0. The molecule has 2 nitrogen and oxygen atoms in total. The number of rotatable bonds is 3. The summed E-state index contributed by atoms with van der Waals surface area (Å²) in [5, 5.41) is 8.57. The largest absolute Gasteiger partial charge is 0.509 e. The maximum atomic E-state index is 10.1. The lowest BCUT2D eigenvalue weighted by molar-refractivity contribution is -0.104. The first-order chi connectivity index (χ1) is 4.70. The number of allylic oxidation sites excluding steroid dienone is 4. The topological polar surface area (TPSA) is 37.3 Å². The van der Waals surface area contributed by atoms with Crippen molar-refractivity contribution in [2.45, 2.75) is 6.92 Å². The van der Waals surface area contributed by atoms with Crippen molar-refractivity contribution in [3.63, 3.8) is 0 Å². The van der Waals surface area contributed by atoms with E-state index in [2.05, 4.69) is 6.58 Å². The SMILES string of the molecule is C=C(O)/C=C\C(C=O)=C/C. The summed E-state index contributed by atoms with van der Waals surface area (Å²) in [6.45, 7) is 4.97. The monoisotopic (exact) mass is 138 g/mol. The van der Waals surface area contributed by atoms with E-state index in [0.29, 0.717) is 11.9 Å². The highest BCUT2D eigenvalue weighted by Crippen LogP contribution is 1.94. The third-order valence-corrected chi connectivity index (χ3v) is 0.938. The lowest BCUT2D eigenvalue weighted by Crippen LogP contribution is -1.77. The maximum Gasteiger partial charge on any atom is 0.149 e. The highest BCUT2D eigenvalue weighted by Gasteiger charge is 1.83. The minimum atomic E-state index is -0.0544. The predicted octanol–water partition coefficient (Wildman–Crippen LogP) is 1.76. The fourth-order valence-corrected chi connectivity index (χ4v) is 0.396. The molecule has 0 atom stereocenters. The molecule has 0 unspecified atom stereocenters. The van der Waals surface area contributed by atoms with Gasteiger partial charge < -0.3 is 5.11 Å². The maximum absolute atomic E-state index is 10.1. The second kappa shape index (κ2) is 4.56. The van der Waals surface area contributed by atoms with Crippen LogP contribution in [0.25, 0.3) is 0 Å². The van der Waals surface area contributed by atoms with E-state index in [0.717, 1.165) is 0 Å². The molecule has 0 bridgehead atoms. The van der Waals surface area contributed by atoms with E-state index >= 15 is 0 Å². The van der Waals surface area contributed by atoms with Gasteiger partial charge in [-0.1, -0.05) is 12.7 Å². The Morgan fingerprint density at radius 1 is 1.50 bits per heavy atom. The zero-order chi connectivity index (χ0) is 7.98.